The van der Waals surface area contributed by atoms with Gasteiger partial charge in [-0.05, 0) is 32.9 Å². The van der Waals surface area contributed by atoms with E-state index in [1.807, 2.05) is 43.9 Å². The number of anilines is 1. The van der Waals surface area contributed by atoms with Crippen LogP contribution in [0.1, 0.15) is 31.1 Å². The molecule has 0 spiro atoms. The topological polar surface area (TPSA) is 50.8 Å². The van der Waals surface area contributed by atoms with Crippen molar-refractivity contribution >= 4 is 11.6 Å². The minimum absolute atomic E-state index is 0.0128. The molecule has 0 radical (unpaired) electrons. The van der Waals surface area contributed by atoms with Crippen molar-refractivity contribution in [3.8, 4) is 5.75 Å². The largest absolute Gasteiger partial charge is 0.489 e. The van der Waals surface area contributed by atoms with E-state index in [-0.39, 0.29) is 17.6 Å². The van der Waals surface area contributed by atoms with Gasteiger partial charge in [-0.15, -0.1) is 0 Å². The molecule has 1 amide bonds. The van der Waals surface area contributed by atoms with Crippen molar-refractivity contribution in [3.05, 3.63) is 23.8 Å². The smallest absolute Gasteiger partial charge is 0.257 e. The van der Waals surface area contributed by atoms with Gasteiger partial charge in [0.2, 0.25) is 0 Å². The van der Waals surface area contributed by atoms with Crippen LogP contribution in [0.15, 0.2) is 18.2 Å². The zero-order valence-electron chi connectivity index (χ0n) is 12.8. The highest BCUT2D eigenvalue weighted by Crippen LogP contribution is 2.33. The minimum atomic E-state index is -0.318. The number of rotatable bonds is 1. The van der Waals surface area contributed by atoms with E-state index in [1.54, 1.807) is 0 Å². The molecule has 3 rings (SSSR count). The van der Waals surface area contributed by atoms with Crippen molar-refractivity contribution in [1.29, 1.82) is 0 Å². The van der Waals surface area contributed by atoms with Crippen LogP contribution in [0.4, 0.5) is 5.69 Å². The van der Waals surface area contributed by atoms with Gasteiger partial charge in [-0.25, -0.2) is 0 Å². The van der Waals surface area contributed by atoms with E-state index >= 15 is 0 Å². The van der Waals surface area contributed by atoms with Crippen LogP contribution < -0.4 is 10.1 Å². The quantitative estimate of drug-likeness (QED) is 0.861. The Morgan fingerprint density at radius 1 is 1.43 bits per heavy atom. The third kappa shape index (κ3) is 2.83. The molecule has 0 bridgehead atoms. The Balaban J connectivity index is 1.88. The lowest BCUT2D eigenvalue weighted by Crippen LogP contribution is -2.53. The predicted octanol–water partition coefficient (Wildman–Crippen LogP) is 2.13. The van der Waals surface area contributed by atoms with Crippen molar-refractivity contribution in [2.45, 2.75) is 32.5 Å². The summed E-state index contributed by atoms with van der Waals surface area (Å²) in [6.45, 7) is 8.59. The number of carbonyl (C=O) groups excluding carboxylic acids is 1. The molecule has 5 nitrogen and oxygen atoms in total. The Labute approximate surface area is 125 Å². The van der Waals surface area contributed by atoms with Gasteiger partial charge in [0.25, 0.3) is 5.91 Å². The number of hydrogen-bond acceptors (Lipinski definition) is 4. The average molecular weight is 290 g/mol. The standard InChI is InChI=1S/C16H22N2O3/c1-11-9-18(10-16(2,3)21-11)15(19)12-5-4-6-13-14(12)20-8-7-17-13/h4-6,11,17H,7-10H2,1-3H3. The number of benzene rings is 1. The van der Waals surface area contributed by atoms with Crippen molar-refractivity contribution < 1.29 is 14.3 Å². The molecule has 1 unspecified atom stereocenters. The number of para-hydroxylation sites is 1. The summed E-state index contributed by atoms with van der Waals surface area (Å²) in [6.07, 6.45) is 0.0382. The lowest BCUT2D eigenvalue weighted by atomic mass is 10.0. The third-order valence-electron chi connectivity index (χ3n) is 3.77. The minimum Gasteiger partial charge on any atom is -0.489 e. The molecule has 0 aliphatic carbocycles. The second-order valence-electron chi connectivity index (χ2n) is 6.33. The second kappa shape index (κ2) is 5.22. The van der Waals surface area contributed by atoms with Gasteiger partial charge >= 0.3 is 0 Å². The van der Waals surface area contributed by atoms with Crippen molar-refractivity contribution in [2.75, 3.05) is 31.6 Å². The molecular weight excluding hydrogens is 268 g/mol. The Morgan fingerprint density at radius 3 is 3.00 bits per heavy atom. The van der Waals surface area contributed by atoms with Gasteiger partial charge in [-0.1, -0.05) is 6.07 Å². The molecule has 114 valence electrons. The fourth-order valence-electron chi connectivity index (χ4n) is 3.12. The van der Waals surface area contributed by atoms with Gasteiger partial charge in [-0.2, -0.15) is 0 Å². The molecule has 1 N–H and O–H groups in total. The van der Waals surface area contributed by atoms with Crippen molar-refractivity contribution in [2.24, 2.45) is 0 Å². The summed E-state index contributed by atoms with van der Waals surface area (Å²) >= 11 is 0. The highest BCUT2D eigenvalue weighted by molar-refractivity contribution is 5.99. The maximum Gasteiger partial charge on any atom is 0.257 e. The van der Waals surface area contributed by atoms with Crippen LogP contribution in [0, 0.1) is 0 Å². The molecule has 2 aliphatic rings. The first-order chi connectivity index (χ1) is 9.96. The summed E-state index contributed by atoms with van der Waals surface area (Å²) in [6, 6.07) is 5.67. The first-order valence-electron chi connectivity index (χ1n) is 7.43. The van der Waals surface area contributed by atoms with Crippen LogP contribution in [-0.2, 0) is 4.74 Å². The molecule has 1 atom stereocenters. The number of ether oxygens (including phenoxy) is 2. The molecule has 1 aromatic rings. The number of hydrogen-bond donors (Lipinski definition) is 1. The molecule has 2 aliphatic heterocycles. The van der Waals surface area contributed by atoms with E-state index in [9.17, 15) is 4.79 Å². The molecule has 1 aromatic carbocycles. The molecule has 1 fully saturated rings. The summed E-state index contributed by atoms with van der Waals surface area (Å²) in [5, 5.41) is 3.27. The average Bonchev–Trinajstić information content (AvgIpc) is 2.44. The van der Waals surface area contributed by atoms with Gasteiger partial charge in [0.15, 0.2) is 5.75 Å². The van der Waals surface area contributed by atoms with Crippen LogP contribution in [0.5, 0.6) is 5.75 Å². The molecule has 5 heteroatoms. The molecule has 21 heavy (non-hydrogen) atoms. The van der Waals surface area contributed by atoms with E-state index in [1.165, 1.54) is 0 Å². The Morgan fingerprint density at radius 2 is 2.24 bits per heavy atom. The van der Waals surface area contributed by atoms with E-state index in [2.05, 4.69) is 5.32 Å². The number of amides is 1. The fourth-order valence-corrected chi connectivity index (χ4v) is 3.12. The lowest BCUT2D eigenvalue weighted by molar-refractivity contribution is -0.118. The van der Waals surface area contributed by atoms with Gasteiger partial charge in [-0.3, -0.25) is 4.79 Å². The van der Waals surface area contributed by atoms with E-state index < -0.39 is 0 Å². The maximum absolute atomic E-state index is 12.9. The van der Waals surface area contributed by atoms with Gasteiger partial charge in [0, 0.05) is 19.6 Å². The van der Waals surface area contributed by atoms with Crippen LogP contribution >= 0.6 is 0 Å². The SMILES string of the molecule is CC1CN(C(=O)c2cccc3c2OCCN3)CC(C)(C)O1. The van der Waals surface area contributed by atoms with E-state index in [0.29, 0.717) is 31.0 Å². The summed E-state index contributed by atoms with van der Waals surface area (Å²) in [5.41, 5.74) is 1.21. The van der Waals surface area contributed by atoms with Crippen LogP contribution in [0.2, 0.25) is 0 Å². The zero-order valence-corrected chi connectivity index (χ0v) is 12.8. The Bertz CT molecular complexity index is 556. The van der Waals surface area contributed by atoms with Gasteiger partial charge in [0.05, 0.1) is 23.0 Å². The number of nitrogens with one attached hydrogen (secondary N) is 1. The van der Waals surface area contributed by atoms with Gasteiger partial charge in [0.1, 0.15) is 6.61 Å². The van der Waals surface area contributed by atoms with Crippen molar-refractivity contribution in [1.82, 2.24) is 4.90 Å². The number of carbonyl (C=O) groups is 1. The summed E-state index contributed by atoms with van der Waals surface area (Å²) in [7, 11) is 0. The number of morpholine rings is 1. The van der Waals surface area contributed by atoms with Gasteiger partial charge < -0.3 is 19.7 Å². The summed E-state index contributed by atoms with van der Waals surface area (Å²) in [4.78, 5) is 14.7. The zero-order chi connectivity index (χ0) is 15.0. The normalized spacial score (nSPS) is 23.8. The molecule has 2 heterocycles. The first-order valence-corrected chi connectivity index (χ1v) is 7.43. The monoisotopic (exact) mass is 290 g/mol. The molecular formula is C16H22N2O3. The Kier molecular flexibility index (Phi) is 3.53. The van der Waals surface area contributed by atoms with Crippen molar-refractivity contribution in [3.63, 3.8) is 0 Å². The summed E-state index contributed by atoms with van der Waals surface area (Å²) in [5.74, 6) is 0.685. The first kappa shape index (κ1) is 14.2. The molecule has 0 aromatic heterocycles. The van der Waals surface area contributed by atoms with Crippen LogP contribution in [0.25, 0.3) is 0 Å². The fraction of sp³-hybridized carbons (Fsp3) is 0.562. The summed E-state index contributed by atoms with van der Waals surface area (Å²) < 4.78 is 11.6. The van der Waals surface area contributed by atoms with E-state index in [4.69, 9.17) is 9.47 Å². The number of fused-ring (bicyclic) bond motifs is 1. The highest BCUT2D eigenvalue weighted by atomic mass is 16.5. The maximum atomic E-state index is 12.9. The van der Waals surface area contributed by atoms with Crippen LogP contribution in [-0.4, -0.2) is 48.8 Å². The van der Waals surface area contributed by atoms with Crippen LogP contribution in [0.3, 0.4) is 0 Å². The lowest BCUT2D eigenvalue weighted by Gasteiger charge is -2.42. The molecule has 1 saturated heterocycles. The highest BCUT2D eigenvalue weighted by Gasteiger charge is 2.35. The molecule has 0 saturated carbocycles. The second-order valence-corrected chi connectivity index (χ2v) is 6.33. The van der Waals surface area contributed by atoms with E-state index in [0.717, 1.165) is 12.2 Å². The Hall–Kier alpha value is -1.75. The predicted molar refractivity (Wildman–Crippen MR) is 81.0 cm³/mol. The third-order valence-corrected chi connectivity index (χ3v) is 3.77. The number of nitrogens with zero attached hydrogens (tertiary/aromatic N) is 1.